The third-order valence-corrected chi connectivity index (χ3v) is 7.61. The fourth-order valence-corrected chi connectivity index (χ4v) is 5.27. The molecule has 1 aromatic carbocycles. The molecule has 1 saturated heterocycles. The van der Waals surface area contributed by atoms with Crippen LogP contribution in [0.2, 0.25) is 0 Å². The van der Waals surface area contributed by atoms with Crippen molar-refractivity contribution in [2.24, 2.45) is 5.92 Å². The number of nitrogens with one attached hydrogen (secondary N) is 2. The molecule has 2 aliphatic rings. The zero-order valence-corrected chi connectivity index (χ0v) is 17.5. The Morgan fingerprint density at radius 2 is 1.79 bits per heavy atom. The van der Waals surface area contributed by atoms with Gasteiger partial charge < -0.3 is 15.4 Å². The van der Waals surface area contributed by atoms with Gasteiger partial charge in [-0.15, -0.1) is 0 Å². The van der Waals surface area contributed by atoms with Crippen LogP contribution in [0.5, 0.6) is 0 Å². The van der Waals surface area contributed by atoms with Gasteiger partial charge in [-0.2, -0.15) is 4.31 Å². The van der Waals surface area contributed by atoms with Crippen LogP contribution in [-0.2, 0) is 19.6 Å². The van der Waals surface area contributed by atoms with Gasteiger partial charge in [0.25, 0.3) is 0 Å². The maximum Gasteiger partial charge on any atom is 0.243 e. The Hall–Kier alpha value is -1.48. The molecule has 0 aromatic heterocycles. The third kappa shape index (κ3) is 5.11. The van der Waals surface area contributed by atoms with Crippen molar-refractivity contribution in [3.05, 3.63) is 24.3 Å². The van der Waals surface area contributed by atoms with Crippen molar-refractivity contribution in [2.75, 3.05) is 31.6 Å². The molecule has 0 spiro atoms. The molecule has 2 N–H and O–H groups in total. The molecule has 1 aliphatic carbocycles. The first-order valence-corrected chi connectivity index (χ1v) is 11.6. The van der Waals surface area contributed by atoms with E-state index in [1.807, 2.05) is 6.92 Å². The first kappa shape index (κ1) is 21.2. The Bertz CT molecular complexity index is 760. The van der Waals surface area contributed by atoms with Crippen LogP contribution in [0.3, 0.4) is 0 Å². The zero-order valence-electron chi connectivity index (χ0n) is 16.7. The molecule has 3 atom stereocenters. The highest BCUT2D eigenvalue weighted by Crippen LogP contribution is 2.24. The molecule has 8 heteroatoms. The lowest BCUT2D eigenvalue weighted by Gasteiger charge is -2.31. The first-order valence-electron chi connectivity index (χ1n) is 10.1. The van der Waals surface area contributed by atoms with Crippen molar-refractivity contribution >= 4 is 21.6 Å². The van der Waals surface area contributed by atoms with Crippen LogP contribution in [0.1, 0.15) is 39.5 Å². The highest BCUT2D eigenvalue weighted by molar-refractivity contribution is 7.89. The summed E-state index contributed by atoms with van der Waals surface area (Å²) in [5, 5.41) is 6.32. The van der Waals surface area contributed by atoms with Gasteiger partial charge in [-0.05, 0) is 49.9 Å². The fourth-order valence-electron chi connectivity index (χ4n) is 3.86. The van der Waals surface area contributed by atoms with Gasteiger partial charge in [-0.1, -0.05) is 19.8 Å². The maximum atomic E-state index is 12.7. The van der Waals surface area contributed by atoms with E-state index in [0.29, 0.717) is 44.0 Å². The second-order valence-electron chi connectivity index (χ2n) is 7.79. The van der Waals surface area contributed by atoms with E-state index in [1.54, 1.807) is 24.3 Å². The van der Waals surface area contributed by atoms with Crippen molar-refractivity contribution in [1.29, 1.82) is 0 Å². The minimum atomic E-state index is -3.52. The number of anilines is 1. The maximum absolute atomic E-state index is 12.7. The lowest BCUT2D eigenvalue weighted by atomic mass is 9.85. The Labute approximate surface area is 167 Å². The van der Waals surface area contributed by atoms with Gasteiger partial charge in [0.15, 0.2) is 0 Å². The highest BCUT2D eigenvalue weighted by atomic mass is 32.2. The number of sulfonamides is 1. The number of hydrogen-bond acceptors (Lipinski definition) is 5. The average molecular weight is 410 g/mol. The molecule has 0 unspecified atom stereocenters. The van der Waals surface area contributed by atoms with Gasteiger partial charge >= 0.3 is 0 Å². The average Bonchev–Trinajstić information content (AvgIpc) is 2.70. The molecule has 0 bridgehead atoms. The van der Waals surface area contributed by atoms with E-state index in [1.165, 1.54) is 23.6 Å². The van der Waals surface area contributed by atoms with Crippen LogP contribution in [-0.4, -0.2) is 57.0 Å². The van der Waals surface area contributed by atoms with Gasteiger partial charge in [0.05, 0.1) is 24.2 Å². The van der Waals surface area contributed by atoms with E-state index < -0.39 is 10.0 Å². The van der Waals surface area contributed by atoms with Crippen molar-refractivity contribution in [2.45, 2.75) is 56.5 Å². The van der Waals surface area contributed by atoms with Crippen LogP contribution in [0, 0.1) is 5.92 Å². The second kappa shape index (κ2) is 9.35. The van der Waals surface area contributed by atoms with Crippen LogP contribution in [0.25, 0.3) is 0 Å². The number of rotatable bonds is 6. The minimum absolute atomic E-state index is 0.110. The molecule has 1 saturated carbocycles. The Balaban J connectivity index is 1.58. The molecule has 0 radical (unpaired) electrons. The molecular formula is C20H31N3O4S. The van der Waals surface area contributed by atoms with E-state index >= 15 is 0 Å². The standard InChI is InChI=1S/C20H31N3O4S/c1-15-5-3-4-6-19(15)21-16(2)20(24)22-17-7-9-18(10-8-17)28(25,26)23-11-13-27-14-12-23/h7-10,15-16,19,21H,3-6,11-14H2,1-2H3,(H,22,24)/t15-,16-,19-/m0/s1. The molecular weight excluding hydrogens is 378 g/mol. The number of carbonyl (C=O) groups is 1. The van der Waals surface area contributed by atoms with E-state index in [9.17, 15) is 13.2 Å². The minimum Gasteiger partial charge on any atom is -0.379 e. The lowest BCUT2D eigenvalue weighted by molar-refractivity contribution is -0.118. The number of hydrogen-bond donors (Lipinski definition) is 2. The third-order valence-electron chi connectivity index (χ3n) is 5.70. The SMILES string of the molecule is C[C@H](N[C@H]1CCCC[C@@H]1C)C(=O)Nc1ccc(S(=O)(=O)N2CCOCC2)cc1. The predicted molar refractivity (Wildman–Crippen MR) is 109 cm³/mol. The molecule has 1 aliphatic heterocycles. The molecule has 1 heterocycles. The molecule has 3 rings (SSSR count). The molecule has 28 heavy (non-hydrogen) atoms. The van der Waals surface area contributed by atoms with Crippen molar-refractivity contribution in [1.82, 2.24) is 9.62 Å². The first-order chi connectivity index (χ1) is 13.4. The normalized spacial score (nSPS) is 25.2. The molecule has 1 aromatic rings. The van der Waals surface area contributed by atoms with Gasteiger partial charge in [0.2, 0.25) is 15.9 Å². The highest BCUT2D eigenvalue weighted by Gasteiger charge is 2.27. The van der Waals surface area contributed by atoms with E-state index in [2.05, 4.69) is 17.6 Å². The Morgan fingerprint density at radius 1 is 1.14 bits per heavy atom. The Kier molecular flexibility index (Phi) is 7.09. The van der Waals surface area contributed by atoms with Crippen LogP contribution in [0.4, 0.5) is 5.69 Å². The van der Waals surface area contributed by atoms with E-state index in [0.717, 1.165) is 6.42 Å². The Morgan fingerprint density at radius 3 is 2.43 bits per heavy atom. The van der Waals surface area contributed by atoms with Crippen LogP contribution < -0.4 is 10.6 Å². The quantitative estimate of drug-likeness (QED) is 0.752. The number of ether oxygens (including phenoxy) is 1. The fraction of sp³-hybridized carbons (Fsp3) is 0.650. The number of morpholine rings is 1. The molecule has 7 nitrogen and oxygen atoms in total. The largest absolute Gasteiger partial charge is 0.379 e. The number of benzene rings is 1. The van der Waals surface area contributed by atoms with Gasteiger partial charge in [0, 0.05) is 24.8 Å². The summed E-state index contributed by atoms with van der Waals surface area (Å²) in [6.45, 7) is 5.66. The number of carbonyl (C=O) groups excluding carboxylic acids is 1. The monoisotopic (exact) mass is 409 g/mol. The summed E-state index contributed by atoms with van der Waals surface area (Å²) in [4.78, 5) is 12.7. The smallest absolute Gasteiger partial charge is 0.243 e. The lowest BCUT2D eigenvalue weighted by Crippen LogP contribution is -2.47. The van der Waals surface area contributed by atoms with Crippen molar-refractivity contribution in [3.8, 4) is 0 Å². The molecule has 2 fully saturated rings. The van der Waals surface area contributed by atoms with Crippen molar-refractivity contribution < 1.29 is 17.9 Å². The van der Waals surface area contributed by atoms with Gasteiger partial charge in [0.1, 0.15) is 0 Å². The predicted octanol–water partition coefficient (Wildman–Crippen LogP) is 2.20. The van der Waals surface area contributed by atoms with Crippen molar-refractivity contribution in [3.63, 3.8) is 0 Å². The van der Waals surface area contributed by atoms with Crippen LogP contribution >= 0.6 is 0 Å². The van der Waals surface area contributed by atoms with E-state index in [4.69, 9.17) is 4.74 Å². The summed E-state index contributed by atoms with van der Waals surface area (Å²) in [5.74, 6) is 0.468. The van der Waals surface area contributed by atoms with Gasteiger partial charge in [-0.3, -0.25) is 4.79 Å². The zero-order chi connectivity index (χ0) is 20.1. The van der Waals surface area contributed by atoms with Gasteiger partial charge in [-0.25, -0.2) is 8.42 Å². The summed E-state index contributed by atoms with van der Waals surface area (Å²) in [6, 6.07) is 6.43. The van der Waals surface area contributed by atoms with Crippen LogP contribution in [0.15, 0.2) is 29.2 Å². The second-order valence-corrected chi connectivity index (χ2v) is 9.72. The van der Waals surface area contributed by atoms with E-state index in [-0.39, 0.29) is 16.8 Å². The summed E-state index contributed by atoms with van der Waals surface area (Å²) in [6.07, 6.45) is 4.77. The summed E-state index contributed by atoms with van der Waals surface area (Å²) in [5.41, 5.74) is 0.594. The molecule has 1 amide bonds. The number of nitrogens with zero attached hydrogens (tertiary/aromatic N) is 1. The summed E-state index contributed by atoms with van der Waals surface area (Å²) < 4.78 is 32.0. The number of amides is 1. The topological polar surface area (TPSA) is 87.7 Å². The molecule has 156 valence electrons. The summed E-state index contributed by atoms with van der Waals surface area (Å²) >= 11 is 0. The summed E-state index contributed by atoms with van der Waals surface area (Å²) in [7, 11) is -3.52.